The number of anilines is 1. The number of benzene rings is 5. The number of carbonyl (C=O) groups is 2. The van der Waals surface area contributed by atoms with Crippen LogP contribution in [0.4, 0.5) is 5.69 Å². The molecule has 0 aliphatic heterocycles. The summed E-state index contributed by atoms with van der Waals surface area (Å²) < 4.78 is 0. The van der Waals surface area contributed by atoms with Crippen molar-refractivity contribution in [3.63, 3.8) is 0 Å². The van der Waals surface area contributed by atoms with Gasteiger partial charge in [0.1, 0.15) is 0 Å². The monoisotopic (exact) mass is 670 g/mol. The highest BCUT2D eigenvalue weighted by atomic mass is 35.5. The Morgan fingerprint density at radius 1 is 0.735 bits per heavy atom. The molecular formula is C44H47ClN2O2. The molecule has 0 aliphatic carbocycles. The summed E-state index contributed by atoms with van der Waals surface area (Å²) in [6.07, 6.45) is 1.42. The van der Waals surface area contributed by atoms with Crippen LogP contribution in [-0.2, 0) is 16.6 Å². The van der Waals surface area contributed by atoms with Crippen LogP contribution >= 0.6 is 11.6 Å². The van der Waals surface area contributed by atoms with E-state index in [1.807, 2.05) is 73.7 Å². The van der Waals surface area contributed by atoms with Crippen molar-refractivity contribution < 1.29 is 9.59 Å². The van der Waals surface area contributed by atoms with Crippen molar-refractivity contribution in [2.45, 2.75) is 65.7 Å². The average molecular weight is 671 g/mol. The average Bonchev–Trinajstić information content (AvgIpc) is 3.07. The van der Waals surface area contributed by atoms with Crippen molar-refractivity contribution in [1.29, 1.82) is 0 Å². The number of hydrogen-bond acceptors (Lipinski definition) is 2. The van der Waals surface area contributed by atoms with Gasteiger partial charge in [-0.1, -0.05) is 125 Å². The third-order valence-electron chi connectivity index (χ3n) is 9.03. The summed E-state index contributed by atoms with van der Waals surface area (Å²) in [6, 6.07) is 38.4. The van der Waals surface area contributed by atoms with E-state index in [1.165, 1.54) is 5.56 Å². The van der Waals surface area contributed by atoms with Crippen molar-refractivity contribution in [2.24, 2.45) is 5.92 Å². The lowest BCUT2D eigenvalue weighted by Gasteiger charge is -2.20. The number of carbonyl (C=O) groups excluding carboxylic acids is 2. The molecule has 0 aliphatic rings. The fraction of sp³-hybridized carbons (Fsp3) is 0.273. The molecular weight excluding hydrogens is 624 g/mol. The van der Waals surface area contributed by atoms with Crippen LogP contribution in [0.3, 0.4) is 0 Å². The molecule has 49 heavy (non-hydrogen) atoms. The zero-order valence-electron chi connectivity index (χ0n) is 29.4. The molecule has 5 aromatic carbocycles. The molecule has 252 valence electrons. The van der Waals surface area contributed by atoms with Gasteiger partial charge in [-0.05, 0) is 112 Å². The number of nitrogens with one attached hydrogen (secondary N) is 2. The molecule has 2 amide bonds. The first kappa shape index (κ1) is 35.6. The lowest BCUT2D eigenvalue weighted by molar-refractivity contribution is -0.117. The summed E-state index contributed by atoms with van der Waals surface area (Å²) in [7, 11) is 0. The van der Waals surface area contributed by atoms with Crippen molar-refractivity contribution >= 4 is 29.1 Å². The molecule has 1 unspecified atom stereocenters. The second-order valence-electron chi connectivity index (χ2n) is 14.4. The zero-order valence-corrected chi connectivity index (χ0v) is 30.2. The number of hydrogen-bond donors (Lipinski definition) is 2. The Labute approximate surface area is 296 Å². The van der Waals surface area contributed by atoms with Gasteiger partial charge in [-0.2, -0.15) is 0 Å². The van der Waals surface area contributed by atoms with E-state index in [0.717, 1.165) is 51.1 Å². The third-order valence-corrected chi connectivity index (χ3v) is 9.26. The van der Waals surface area contributed by atoms with Crippen LogP contribution in [0.15, 0.2) is 115 Å². The summed E-state index contributed by atoms with van der Waals surface area (Å²) in [5.74, 6) is -0.0845. The van der Waals surface area contributed by atoms with E-state index in [9.17, 15) is 9.59 Å². The molecule has 0 aromatic heterocycles. The van der Waals surface area contributed by atoms with Gasteiger partial charge in [0.2, 0.25) is 5.91 Å². The van der Waals surface area contributed by atoms with E-state index >= 15 is 0 Å². The summed E-state index contributed by atoms with van der Waals surface area (Å²) in [6.45, 7) is 13.6. The van der Waals surface area contributed by atoms with Crippen molar-refractivity contribution in [3.8, 4) is 22.3 Å². The predicted octanol–water partition coefficient (Wildman–Crippen LogP) is 11.0. The second kappa shape index (κ2) is 15.7. The summed E-state index contributed by atoms with van der Waals surface area (Å²) >= 11 is 6.17. The maximum absolute atomic E-state index is 14.0. The minimum Gasteiger partial charge on any atom is -0.352 e. The Morgan fingerprint density at radius 3 is 1.90 bits per heavy atom. The topological polar surface area (TPSA) is 58.2 Å². The second-order valence-corrected chi connectivity index (χ2v) is 14.8. The first-order chi connectivity index (χ1) is 23.4. The van der Waals surface area contributed by atoms with E-state index in [2.05, 4.69) is 93.8 Å². The predicted molar refractivity (Wildman–Crippen MR) is 206 cm³/mol. The maximum atomic E-state index is 14.0. The van der Waals surface area contributed by atoms with Crippen LogP contribution in [0.1, 0.15) is 79.6 Å². The van der Waals surface area contributed by atoms with Gasteiger partial charge < -0.3 is 10.6 Å². The lowest BCUT2D eigenvalue weighted by atomic mass is 9.86. The number of amides is 2. The van der Waals surface area contributed by atoms with Crippen molar-refractivity contribution in [1.82, 2.24) is 5.32 Å². The fourth-order valence-electron chi connectivity index (χ4n) is 5.95. The highest BCUT2D eigenvalue weighted by Gasteiger charge is 2.22. The number of aryl methyl sites for hydroxylation is 1. The minimum absolute atomic E-state index is 0.0788. The van der Waals surface area contributed by atoms with Gasteiger partial charge in [0, 0.05) is 22.8 Å². The van der Waals surface area contributed by atoms with Crippen molar-refractivity contribution in [2.75, 3.05) is 11.9 Å². The maximum Gasteiger partial charge on any atom is 0.251 e. The molecule has 0 saturated carbocycles. The molecule has 5 heteroatoms. The number of halogens is 1. The molecule has 0 heterocycles. The van der Waals surface area contributed by atoms with Crippen LogP contribution in [-0.4, -0.2) is 18.4 Å². The van der Waals surface area contributed by atoms with E-state index < -0.39 is 5.92 Å². The molecule has 0 fully saturated rings. The van der Waals surface area contributed by atoms with E-state index in [-0.39, 0.29) is 17.2 Å². The largest absolute Gasteiger partial charge is 0.352 e. The van der Waals surface area contributed by atoms with Crippen LogP contribution in [0, 0.1) is 12.8 Å². The Morgan fingerprint density at radius 2 is 1.33 bits per heavy atom. The first-order valence-electron chi connectivity index (χ1n) is 17.1. The molecule has 4 nitrogen and oxygen atoms in total. The van der Waals surface area contributed by atoms with Crippen LogP contribution in [0.2, 0.25) is 5.02 Å². The SMILES string of the molecule is Cc1cc(Cl)ccc1-c1ccc(NC(=O)C(Cc2ccc(C(=O)NCCC(C)C)cc2)c2ccc(-c3ccc(C(C)(C)C)cc3)cc2)cc1. The molecule has 2 N–H and O–H groups in total. The van der Waals surface area contributed by atoms with Gasteiger partial charge in [-0.15, -0.1) is 0 Å². The number of rotatable bonds is 11. The Balaban J connectivity index is 1.37. The summed E-state index contributed by atoms with van der Waals surface area (Å²) in [5, 5.41) is 6.88. The van der Waals surface area contributed by atoms with E-state index in [1.54, 1.807) is 0 Å². The summed E-state index contributed by atoms with van der Waals surface area (Å²) in [5.41, 5.74) is 10.1. The highest BCUT2D eigenvalue weighted by molar-refractivity contribution is 6.30. The molecule has 1 atom stereocenters. The smallest absolute Gasteiger partial charge is 0.251 e. The van der Waals surface area contributed by atoms with Gasteiger partial charge in [0.25, 0.3) is 5.91 Å². The van der Waals surface area contributed by atoms with Gasteiger partial charge in [-0.25, -0.2) is 0 Å². The standard InChI is InChI=1S/C44H47ClN2O2/c1-29(2)25-26-46-42(48)36-9-7-31(8-10-36)28-41(35-13-11-32(12-14-35)33-15-19-37(20-16-33)44(4,5)6)43(49)47-39-22-17-34(18-23-39)40-24-21-38(45)27-30(40)3/h7-24,27,29,41H,25-26,28H2,1-6H3,(H,46,48)(H,47,49). The minimum atomic E-state index is -0.443. The van der Waals surface area contributed by atoms with Gasteiger partial charge in [0.05, 0.1) is 5.92 Å². The Bertz CT molecular complexity index is 1870. The Kier molecular flexibility index (Phi) is 11.4. The normalized spacial score (nSPS) is 12.1. The van der Waals surface area contributed by atoms with Gasteiger partial charge >= 0.3 is 0 Å². The quantitative estimate of drug-likeness (QED) is 0.147. The third kappa shape index (κ3) is 9.49. The van der Waals surface area contributed by atoms with Crippen LogP contribution in [0.5, 0.6) is 0 Å². The molecule has 0 bridgehead atoms. The van der Waals surface area contributed by atoms with Gasteiger partial charge in [-0.3, -0.25) is 9.59 Å². The first-order valence-corrected chi connectivity index (χ1v) is 17.5. The fourth-order valence-corrected chi connectivity index (χ4v) is 6.18. The highest BCUT2D eigenvalue weighted by Crippen LogP contribution is 2.31. The Hall–Kier alpha value is -4.67. The summed E-state index contributed by atoms with van der Waals surface area (Å²) in [4.78, 5) is 26.7. The molecule has 5 aromatic rings. The van der Waals surface area contributed by atoms with Crippen molar-refractivity contribution in [3.05, 3.63) is 148 Å². The molecule has 0 radical (unpaired) electrons. The zero-order chi connectivity index (χ0) is 35.1. The molecule has 0 saturated heterocycles. The lowest BCUT2D eigenvalue weighted by Crippen LogP contribution is -2.25. The molecule has 0 spiro atoms. The van der Waals surface area contributed by atoms with E-state index in [4.69, 9.17) is 11.6 Å². The van der Waals surface area contributed by atoms with E-state index in [0.29, 0.717) is 29.5 Å². The van der Waals surface area contributed by atoms with Gasteiger partial charge in [0.15, 0.2) is 0 Å². The van der Waals surface area contributed by atoms with Crippen LogP contribution in [0.25, 0.3) is 22.3 Å². The molecule has 5 rings (SSSR count). The van der Waals surface area contributed by atoms with Crippen LogP contribution < -0.4 is 10.6 Å².